The molecule has 36 heavy (non-hydrogen) atoms. The van der Waals surface area contributed by atoms with Gasteiger partial charge in [0.05, 0.1) is 6.54 Å². The van der Waals surface area contributed by atoms with Crippen LogP contribution in [0.4, 0.5) is 14.9 Å². The summed E-state index contributed by atoms with van der Waals surface area (Å²) in [5.41, 5.74) is -0.293. The van der Waals surface area contributed by atoms with Gasteiger partial charge in [0.25, 0.3) is 5.91 Å². The molecule has 2 aromatic carbocycles. The lowest BCUT2D eigenvalue weighted by Gasteiger charge is -2.24. The summed E-state index contributed by atoms with van der Waals surface area (Å²) in [6.45, 7) is 5.29. The second kappa shape index (κ2) is 9.84. The molecular formula is C24H28FN3O7S. The van der Waals surface area contributed by atoms with Crippen molar-refractivity contribution in [3.63, 3.8) is 0 Å². The number of hydrogen-bond donors (Lipinski definition) is 1. The minimum atomic E-state index is -4.31. The molecule has 0 spiro atoms. The molecule has 0 radical (unpaired) electrons. The molecule has 1 atom stereocenters. The summed E-state index contributed by atoms with van der Waals surface area (Å²) in [5, 5.41) is 0. The quantitative estimate of drug-likeness (QED) is 0.622. The lowest BCUT2D eigenvalue weighted by molar-refractivity contribution is -0.117. The largest absolute Gasteiger partial charge is 0.487 e. The van der Waals surface area contributed by atoms with E-state index in [1.54, 1.807) is 20.8 Å². The maximum absolute atomic E-state index is 15.8. The van der Waals surface area contributed by atoms with Crippen LogP contribution in [0.15, 0.2) is 42.5 Å². The molecule has 0 bridgehead atoms. The number of halogens is 1. The maximum atomic E-state index is 15.8. The summed E-state index contributed by atoms with van der Waals surface area (Å²) in [6, 6.07) is 11.8. The molecule has 2 aromatic rings. The van der Waals surface area contributed by atoms with Crippen molar-refractivity contribution in [3.8, 4) is 11.5 Å². The van der Waals surface area contributed by atoms with E-state index in [-0.39, 0.29) is 24.7 Å². The second-order valence-corrected chi connectivity index (χ2v) is 11.1. The van der Waals surface area contributed by atoms with Gasteiger partial charge in [-0.3, -0.25) is 4.79 Å². The third-order valence-corrected chi connectivity index (χ3v) is 6.82. The minimum Gasteiger partial charge on any atom is -0.487 e. The van der Waals surface area contributed by atoms with E-state index in [0.29, 0.717) is 17.3 Å². The highest BCUT2D eigenvalue weighted by atomic mass is 32.2. The second-order valence-electron chi connectivity index (χ2n) is 9.49. The first kappa shape index (κ1) is 25.5. The molecule has 0 aromatic heterocycles. The average Bonchev–Trinajstić information content (AvgIpc) is 3.36. The predicted octanol–water partition coefficient (Wildman–Crippen LogP) is 2.97. The topological polar surface area (TPSA) is 114 Å². The van der Waals surface area contributed by atoms with E-state index < -0.39 is 52.0 Å². The number of nitrogens with one attached hydrogen (secondary N) is 1. The fourth-order valence-electron chi connectivity index (χ4n) is 3.85. The molecule has 10 nitrogen and oxygen atoms in total. The molecule has 1 unspecified atom stereocenters. The molecule has 2 fully saturated rings. The number of nitrogens with zero attached hydrogens (tertiary/aromatic N) is 2. The molecule has 194 valence electrons. The Balaban J connectivity index is 1.57. The zero-order chi connectivity index (χ0) is 26.1. The molecule has 2 saturated heterocycles. The van der Waals surface area contributed by atoms with Crippen LogP contribution in [-0.4, -0.2) is 56.7 Å². The summed E-state index contributed by atoms with van der Waals surface area (Å²) in [4.78, 5) is 25.6. The Bertz CT molecular complexity index is 1250. The average molecular weight is 522 g/mol. The highest BCUT2D eigenvalue weighted by molar-refractivity contribution is 7.92. The van der Waals surface area contributed by atoms with Crippen molar-refractivity contribution >= 4 is 27.9 Å². The first-order valence-electron chi connectivity index (χ1n) is 11.4. The van der Waals surface area contributed by atoms with Gasteiger partial charge in [-0.1, -0.05) is 30.3 Å². The number of rotatable bonds is 6. The van der Waals surface area contributed by atoms with Crippen LogP contribution in [0, 0.1) is 5.82 Å². The van der Waals surface area contributed by atoms with Crippen molar-refractivity contribution in [2.75, 3.05) is 23.9 Å². The van der Waals surface area contributed by atoms with Crippen molar-refractivity contribution in [3.05, 3.63) is 53.8 Å². The summed E-state index contributed by atoms with van der Waals surface area (Å²) in [5.74, 6) is -2.07. The zero-order valence-electron chi connectivity index (χ0n) is 20.2. The number of likely N-dealkylation sites (tertiary alicyclic amines) is 1. The fourth-order valence-corrected chi connectivity index (χ4v) is 5.01. The molecule has 1 N–H and O–H groups in total. The predicted molar refractivity (Wildman–Crippen MR) is 128 cm³/mol. The van der Waals surface area contributed by atoms with Gasteiger partial charge in [-0.15, -0.1) is 0 Å². The number of ether oxygens (including phenoxy) is 3. The number of carbonyl (C=O) groups excluding carboxylic acids is 2. The number of amides is 2. The SMILES string of the molecule is CC(C)(C)OC(=O)N1CCC(Oc2ccc(OCc3ccccc3)c(N3CC(=O)NS3(=O)=O)c2F)C1. The van der Waals surface area contributed by atoms with Crippen molar-refractivity contribution < 1.29 is 36.6 Å². The van der Waals surface area contributed by atoms with Crippen LogP contribution in [0.3, 0.4) is 0 Å². The van der Waals surface area contributed by atoms with Crippen molar-refractivity contribution in [1.82, 2.24) is 9.62 Å². The van der Waals surface area contributed by atoms with Crippen molar-refractivity contribution in [2.45, 2.75) is 45.5 Å². The van der Waals surface area contributed by atoms with E-state index in [0.717, 1.165) is 5.56 Å². The lowest BCUT2D eigenvalue weighted by atomic mass is 10.2. The highest BCUT2D eigenvalue weighted by Gasteiger charge is 2.39. The summed E-state index contributed by atoms with van der Waals surface area (Å²) in [7, 11) is -4.31. The van der Waals surface area contributed by atoms with Crippen molar-refractivity contribution in [1.29, 1.82) is 0 Å². The Morgan fingerprint density at radius 2 is 1.83 bits per heavy atom. The van der Waals surface area contributed by atoms with Crippen molar-refractivity contribution in [2.24, 2.45) is 0 Å². The first-order valence-corrected chi connectivity index (χ1v) is 12.8. The molecular weight excluding hydrogens is 493 g/mol. The van der Waals surface area contributed by atoms with Gasteiger partial charge >= 0.3 is 16.3 Å². The Morgan fingerprint density at radius 3 is 2.47 bits per heavy atom. The van der Waals surface area contributed by atoms with Crippen LogP contribution in [0.25, 0.3) is 0 Å². The van der Waals surface area contributed by atoms with E-state index >= 15 is 4.39 Å². The van der Waals surface area contributed by atoms with Gasteiger partial charge in [0.15, 0.2) is 11.6 Å². The molecule has 2 heterocycles. The van der Waals surface area contributed by atoms with Crippen LogP contribution in [-0.2, 0) is 26.3 Å². The Morgan fingerprint density at radius 1 is 1.14 bits per heavy atom. The van der Waals surface area contributed by atoms with Gasteiger partial charge in [0.1, 0.15) is 36.3 Å². The van der Waals surface area contributed by atoms with Crippen LogP contribution >= 0.6 is 0 Å². The molecule has 2 aliphatic heterocycles. The minimum absolute atomic E-state index is 0.0518. The normalized spacial score (nSPS) is 19.2. The molecule has 2 amide bonds. The lowest BCUT2D eigenvalue weighted by Crippen LogP contribution is -2.36. The van der Waals surface area contributed by atoms with Gasteiger partial charge in [-0.2, -0.15) is 8.42 Å². The third-order valence-electron chi connectivity index (χ3n) is 5.44. The fraction of sp³-hybridized carbons (Fsp3) is 0.417. The molecule has 0 aliphatic carbocycles. The van der Waals surface area contributed by atoms with Gasteiger partial charge in [0, 0.05) is 13.0 Å². The summed E-state index contributed by atoms with van der Waals surface area (Å²) in [6.07, 6.45) is -0.597. The smallest absolute Gasteiger partial charge is 0.410 e. The monoisotopic (exact) mass is 521 g/mol. The van der Waals surface area contributed by atoms with Crippen LogP contribution in [0.1, 0.15) is 32.8 Å². The van der Waals surface area contributed by atoms with Gasteiger partial charge in [-0.05, 0) is 38.5 Å². The maximum Gasteiger partial charge on any atom is 0.410 e. The van der Waals surface area contributed by atoms with Crippen LogP contribution < -0.4 is 18.5 Å². The standard InChI is InChI=1S/C24H28FN3O7S/c1-24(2,3)35-23(30)27-12-11-17(13-27)34-18-9-10-19(33-15-16-7-5-4-6-8-16)22(21(18)25)28-14-20(29)26-36(28,31)32/h4-10,17H,11-15H2,1-3H3,(H,26,29). The number of hydrogen-bond acceptors (Lipinski definition) is 7. The third kappa shape index (κ3) is 5.81. The van der Waals surface area contributed by atoms with Crippen LogP contribution in [0.5, 0.6) is 11.5 Å². The molecule has 12 heteroatoms. The first-order chi connectivity index (χ1) is 16.9. The zero-order valence-corrected chi connectivity index (χ0v) is 21.0. The van der Waals surface area contributed by atoms with Gasteiger partial charge < -0.3 is 19.1 Å². The number of carbonyl (C=O) groups is 2. The van der Waals surface area contributed by atoms with E-state index in [9.17, 15) is 18.0 Å². The number of anilines is 1. The number of benzene rings is 2. The summed E-state index contributed by atoms with van der Waals surface area (Å²) < 4.78 is 60.2. The van der Waals surface area contributed by atoms with E-state index in [2.05, 4.69) is 0 Å². The Kier molecular flexibility index (Phi) is 6.98. The summed E-state index contributed by atoms with van der Waals surface area (Å²) >= 11 is 0. The molecule has 0 saturated carbocycles. The van der Waals surface area contributed by atoms with E-state index in [1.807, 2.05) is 35.1 Å². The molecule has 4 rings (SSSR count). The van der Waals surface area contributed by atoms with E-state index in [1.165, 1.54) is 17.0 Å². The molecule has 2 aliphatic rings. The van der Waals surface area contributed by atoms with Gasteiger partial charge in [0.2, 0.25) is 0 Å². The highest BCUT2D eigenvalue weighted by Crippen LogP contribution is 2.40. The van der Waals surface area contributed by atoms with Crippen LogP contribution in [0.2, 0.25) is 0 Å². The van der Waals surface area contributed by atoms with Gasteiger partial charge in [-0.25, -0.2) is 18.2 Å². The Hall–Kier alpha value is -3.54. The Labute approximate surface area is 209 Å². The van der Waals surface area contributed by atoms with E-state index in [4.69, 9.17) is 14.2 Å².